The zero-order chi connectivity index (χ0) is 22.6. The molecule has 1 saturated heterocycles. The molecule has 0 aliphatic carbocycles. The summed E-state index contributed by atoms with van der Waals surface area (Å²) in [6.07, 6.45) is 1.70. The molecule has 0 bridgehead atoms. The standard InChI is InChI=1S/C24H27FN4O3/c1-3-32-23(30)21-20(16-29-12-14-31-15-13-29)27-22(19-6-4-5-11-26-19)28-24(21,2)17-7-9-18(25)10-8-17/h4-11H,3,12-16H2,1-2H3,(H,27,28). The van der Waals surface area contributed by atoms with Crippen LogP contribution in [0.25, 0.3) is 0 Å². The van der Waals surface area contributed by atoms with Crippen LogP contribution in [-0.4, -0.2) is 61.1 Å². The SMILES string of the molecule is CCOC(=O)C1=C(CN2CCOCC2)NC(c2ccccn2)=NC1(C)c1ccc(F)cc1. The van der Waals surface area contributed by atoms with Crippen molar-refractivity contribution in [3.05, 3.63) is 77.0 Å². The van der Waals surface area contributed by atoms with Crippen molar-refractivity contribution in [3.8, 4) is 0 Å². The predicted octanol–water partition coefficient (Wildman–Crippen LogP) is 2.64. The summed E-state index contributed by atoms with van der Waals surface area (Å²) in [6.45, 7) is 7.15. The van der Waals surface area contributed by atoms with E-state index in [9.17, 15) is 9.18 Å². The third kappa shape index (κ3) is 4.56. The van der Waals surface area contributed by atoms with Crippen molar-refractivity contribution in [2.45, 2.75) is 19.4 Å². The van der Waals surface area contributed by atoms with Crippen LogP contribution in [0.1, 0.15) is 25.1 Å². The normalized spacial score (nSPS) is 21.7. The summed E-state index contributed by atoms with van der Waals surface area (Å²) < 4.78 is 24.6. The molecular formula is C24H27FN4O3. The molecule has 32 heavy (non-hydrogen) atoms. The molecule has 2 aliphatic rings. The summed E-state index contributed by atoms with van der Waals surface area (Å²) >= 11 is 0. The van der Waals surface area contributed by atoms with Crippen LogP contribution in [0.15, 0.2) is 64.9 Å². The molecule has 2 aromatic rings. The number of morpholine rings is 1. The molecule has 0 radical (unpaired) electrons. The van der Waals surface area contributed by atoms with E-state index in [-0.39, 0.29) is 12.4 Å². The van der Waals surface area contributed by atoms with Crippen LogP contribution in [0.3, 0.4) is 0 Å². The molecule has 168 valence electrons. The van der Waals surface area contributed by atoms with Gasteiger partial charge in [0.1, 0.15) is 17.1 Å². The lowest BCUT2D eigenvalue weighted by molar-refractivity contribution is -0.139. The van der Waals surface area contributed by atoms with E-state index in [1.807, 2.05) is 25.1 Å². The molecule has 3 heterocycles. The predicted molar refractivity (Wildman–Crippen MR) is 119 cm³/mol. The largest absolute Gasteiger partial charge is 0.463 e. The van der Waals surface area contributed by atoms with Crippen LogP contribution in [0.2, 0.25) is 0 Å². The third-order valence-corrected chi connectivity index (χ3v) is 5.67. The summed E-state index contributed by atoms with van der Waals surface area (Å²) in [5.41, 5.74) is 1.38. The van der Waals surface area contributed by atoms with E-state index >= 15 is 0 Å². The van der Waals surface area contributed by atoms with Crippen molar-refractivity contribution in [1.29, 1.82) is 0 Å². The summed E-state index contributed by atoms with van der Waals surface area (Å²) in [4.78, 5) is 24.8. The van der Waals surface area contributed by atoms with Crippen molar-refractivity contribution < 1.29 is 18.7 Å². The Labute approximate surface area is 187 Å². The zero-order valence-corrected chi connectivity index (χ0v) is 18.3. The lowest BCUT2D eigenvalue weighted by Crippen LogP contribution is -2.47. The second kappa shape index (κ2) is 9.58. The van der Waals surface area contributed by atoms with Gasteiger partial charge in [-0.2, -0.15) is 0 Å². The van der Waals surface area contributed by atoms with E-state index in [1.165, 1.54) is 12.1 Å². The maximum atomic E-state index is 13.7. The first kappa shape index (κ1) is 22.1. The molecule has 1 fully saturated rings. The van der Waals surface area contributed by atoms with Gasteiger partial charge in [0.15, 0.2) is 5.84 Å². The van der Waals surface area contributed by atoms with E-state index < -0.39 is 11.5 Å². The van der Waals surface area contributed by atoms with Crippen LogP contribution in [0.5, 0.6) is 0 Å². The van der Waals surface area contributed by atoms with E-state index in [4.69, 9.17) is 14.5 Å². The highest BCUT2D eigenvalue weighted by Crippen LogP contribution is 2.39. The van der Waals surface area contributed by atoms with Crippen LogP contribution < -0.4 is 5.32 Å². The number of hydrogen-bond donors (Lipinski definition) is 1. The maximum Gasteiger partial charge on any atom is 0.338 e. The van der Waals surface area contributed by atoms with Crippen LogP contribution in [0.4, 0.5) is 4.39 Å². The number of esters is 1. The highest BCUT2D eigenvalue weighted by atomic mass is 19.1. The van der Waals surface area contributed by atoms with Gasteiger partial charge in [-0.1, -0.05) is 18.2 Å². The smallest absolute Gasteiger partial charge is 0.338 e. The molecule has 1 N–H and O–H groups in total. The van der Waals surface area contributed by atoms with Gasteiger partial charge in [0.05, 0.1) is 25.4 Å². The number of carbonyl (C=O) groups is 1. The molecule has 1 aromatic heterocycles. The van der Waals surface area contributed by atoms with Crippen LogP contribution >= 0.6 is 0 Å². The molecule has 0 saturated carbocycles. The van der Waals surface area contributed by atoms with Gasteiger partial charge in [0, 0.05) is 31.5 Å². The molecule has 1 unspecified atom stereocenters. The summed E-state index contributed by atoms with van der Waals surface area (Å²) in [5, 5.41) is 3.35. The van der Waals surface area contributed by atoms with Gasteiger partial charge in [-0.05, 0) is 43.7 Å². The number of amidine groups is 1. The Morgan fingerprint density at radius 1 is 1.22 bits per heavy atom. The van der Waals surface area contributed by atoms with Crippen molar-refractivity contribution >= 4 is 11.8 Å². The highest BCUT2D eigenvalue weighted by molar-refractivity contribution is 6.03. The lowest BCUT2D eigenvalue weighted by atomic mass is 9.82. The minimum Gasteiger partial charge on any atom is -0.463 e. The van der Waals surface area contributed by atoms with Crippen LogP contribution in [-0.2, 0) is 19.8 Å². The monoisotopic (exact) mass is 438 g/mol. The molecule has 7 nitrogen and oxygen atoms in total. The number of nitrogens with zero attached hydrogens (tertiary/aromatic N) is 3. The molecule has 2 aliphatic heterocycles. The van der Waals surface area contributed by atoms with Gasteiger partial charge in [-0.25, -0.2) is 14.2 Å². The van der Waals surface area contributed by atoms with Gasteiger partial charge < -0.3 is 14.8 Å². The van der Waals surface area contributed by atoms with Gasteiger partial charge >= 0.3 is 5.97 Å². The third-order valence-electron chi connectivity index (χ3n) is 5.67. The van der Waals surface area contributed by atoms with Crippen molar-refractivity contribution in [2.75, 3.05) is 39.5 Å². The van der Waals surface area contributed by atoms with E-state index in [2.05, 4.69) is 15.2 Å². The summed E-state index contributed by atoms with van der Waals surface area (Å²) in [5.74, 6) is -0.247. The fourth-order valence-corrected chi connectivity index (χ4v) is 4.04. The minimum absolute atomic E-state index is 0.240. The zero-order valence-electron chi connectivity index (χ0n) is 18.3. The number of aromatic nitrogens is 1. The number of ether oxygens (including phenoxy) is 2. The lowest BCUT2D eigenvalue weighted by Gasteiger charge is -2.37. The average molecular weight is 439 g/mol. The van der Waals surface area contributed by atoms with E-state index in [1.54, 1.807) is 25.3 Å². The van der Waals surface area contributed by atoms with Gasteiger partial charge in [0.2, 0.25) is 0 Å². The second-order valence-electron chi connectivity index (χ2n) is 7.84. The summed E-state index contributed by atoms with van der Waals surface area (Å²) in [7, 11) is 0. The number of carbonyl (C=O) groups excluding carboxylic acids is 1. The molecule has 0 amide bonds. The molecule has 1 atom stereocenters. The van der Waals surface area contributed by atoms with Gasteiger partial charge in [0.25, 0.3) is 0 Å². The van der Waals surface area contributed by atoms with Gasteiger partial charge in [-0.15, -0.1) is 0 Å². The summed E-state index contributed by atoms with van der Waals surface area (Å²) in [6, 6.07) is 11.6. The Morgan fingerprint density at radius 2 is 1.97 bits per heavy atom. The van der Waals surface area contributed by atoms with Crippen molar-refractivity contribution in [2.24, 2.45) is 4.99 Å². The molecule has 1 aromatic carbocycles. The first-order valence-electron chi connectivity index (χ1n) is 10.8. The van der Waals surface area contributed by atoms with Gasteiger partial charge in [-0.3, -0.25) is 9.88 Å². The Hall–Kier alpha value is -3.10. The highest BCUT2D eigenvalue weighted by Gasteiger charge is 2.42. The Kier molecular flexibility index (Phi) is 6.62. The van der Waals surface area contributed by atoms with Crippen LogP contribution in [0, 0.1) is 5.82 Å². The number of pyridine rings is 1. The second-order valence-corrected chi connectivity index (χ2v) is 7.84. The average Bonchev–Trinajstić information content (AvgIpc) is 2.80. The molecule has 0 spiro atoms. The number of benzene rings is 1. The molecule has 4 rings (SSSR count). The minimum atomic E-state index is -1.08. The Bertz CT molecular complexity index is 1020. The first-order chi connectivity index (χ1) is 15.5. The quantitative estimate of drug-likeness (QED) is 0.699. The van der Waals surface area contributed by atoms with E-state index in [0.717, 1.165) is 13.1 Å². The van der Waals surface area contributed by atoms with E-state index in [0.29, 0.717) is 48.1 Å². The number of nitrogens with one attached hydrogen (secondary N) is 1. The Morgan fingerprint density at radius 3 is 2.62 bits per heavy atom. The number of rotatable bonds is 6. The number of aliphatic imine (C=N–C) groups is 1. The maximum absolute atomic E-state index is 13.7. The topological polar surface area (TPSA) is 76.0 Å². The fourth-order valence-electron chi connectivity index (χ4n) is 4.04. The molecular weight excluding hydrogens is 411 g/mol. The first-order valence-corrected chi connectivity index (χ1v) is 10.8. The number of halogens is 1. The molecule has 8 heteroatoms. The Balaban J connectivity index is 1.85. The van der Waals surface area contributed by atoms with Crippen molar-refractivity contribution in [3.63, 3.8) is 0 Å². The van der Waals surface area contributed by atoms with Crippen molar-refractivity contribution in [1.82, 2.24) is 15.2 Å². The number of hydrogen-bond acceptors (Lipinski definition) is 7. The fraction of sp³-hybridized carbons (Fsp3) is 0.375.